The number of benzene rings is 1. The summed E-state index contributed by atoms with van der Waals surface area (Å²) in [6.45, 7) is 0. The number of nitrogens with two attached hydrogens (primary N) is 2. The van der Waals surface area contributed by atoms with Gasteiger partial charge in [-0.3, -0.25) is 24.0 Å². The number of nitrogens with one attached hydrogen (secondary N) is 4. The number of hydrogen-bond acceptors (Lipinski definition) is 8. The highest BCUT2D eigenvalue weighted by molar-refractivity contribution is 7.80. The molecule has 0 aliphatic carbocycles. The van der Waals surface area contributed by atoms with Gasteiger partial charge in [-0.25, -0.2) is 4.79 Å². The summed E-state index contributed by atoms with van der Waals surface area (Å²) in [7, 11) is 0. The van der Waals surface area contributed by atoms with Crippen molar-refractivity contribution < 1.29 is 39.0 Å². The highest BCUT2D eigenvalue weighted by Crippen LogP contribution is 2.18. The van der Waals surface area contributed by atoms with Crippen LogP contribution in [-0.4, -0.2) is 80.7 Å². The number of aromatic nitrogens is 1. The van der Waals surface area contributed by atoms with E-state index in [1.54, 1.807) is 6.20 Å². The van der Waals surface area contributed by atoms with E-state index < -0.39 is 66.2 Å². The Morgan fingerprint density at radius 1 is 0.872 bits per heavy atom. The van der Waals surface area contributed by atoms with Crippen LogP contribution in [0.1, 0.15) is 31.2 Å². The first-order chi connectivity index (χ1) is 18.4. The lowest BCUT2D eigenvalue weighted by molar-refractivity contribution is -0.142. The second-order valence-electron chi connectivity index (χ2n) is 8.81. The summed E-state index contributed by atoms with van der Waals surface area (Å²) in [5.74, 6) is -6.14. The Bertz CT molecular complexity index is 1220. The number of H-pyrrole nitrogens is 1. The summed E-state index contributed by atoms with van der Waals surface area (Å²) in [6, 6.07) is 2.19. The normalized spacial score (nSPS) is 14.0. The minimum absolute atomic E-state index is 0.132. The molecule has 0 saturated heterocycles. The Morgan fingerprint density at radius 3 is 2.08 bits per heavy atom. The van der Waals surface area contributed by atoms with Crippen molar-refractivity contribution in [3.8, 4) is 0 Å². The van der Waals surface area contributed by atoms with E-state index in [9.17, 15) is 33.9 Å². The Kier molecular flexibility index (Phi) is 11.7. The van der Waals surface area contributed by atoms with Crippen LogP contribution in [0, 0.1) is 0 Å². The third-order valence-corrected chi connectivity index (χ3v) is 6.21. The number of aromatic amines is 1. The van der Waals surface area contributed by atoms with Crippen LogP contribution in [0.3, 0.4) is 0 Å². The molecule has 1 heterocycles. The van der Waals surface area contributed by atoms with E-state index in [2.05, 4.69) is 33.6 Å². The average Bonchev–Trinajstić information content (AvgIpc) is 3.29. The molecule has 4 amide bonds. The van der Waals surface area contributed by atoms with Gasteiger partial charge in [0.15, 0.2) is 0 Å². The van der Waals surface area contributed by atoms with Crippen LogP contribution in [0.25, 0.3) is 10.9 Å². The van der Waals surface area contributed by atoms with Gasteiger partial charge in [0.2, 0.25) is 23.6 Å². The summed E-state index contributed by atoms with van der Waals surface area (Å²) in [4.78, 5) is 75.0. The Labute approximate surface area is 228 Å². The molecular weight excluding hydrogens is 532 g/mol. The lowest BCUT2D eigenvalue weighted by Gasteiger charge is -2.24. The molecule has 4 unspecified atom stereocenters. The van der Waals surface area contributed by atoms with Crippen LogP contribution in [-0.2, 0) is 35.2 Å². The average molecular weight is 565 g/mol. The van der Waals surface area contributed by atoms with Crippen molar-refractivity contribution in [3.63, 3.8) is 0 Å². The zero-order chi connectivity index (χ0) is 29.1. The van der Waals surface area contributed by atoms with E-state index in [0.29, 0.717) is 0 Å². The number of amides is 4. The van der Waals surface area contributed by atoms with Gasteiger partial charge in [-0.15, -0.1) is 0 Å². The van der Waals surface area contributed by atoms with Crippen LogP contribution in [0.4, 0.5) is 0 Å². The molecule has 14 nitrogen and oxygen atoms in total. The van der Waals surface area contributed by atoms with E-state index in [1.807, 2.05) is 24.3 Å². The van der Waals surface area contributed by atoms with Crippen molar-refractivity contribution in [2.75, 3.05) is 5.75 Å². The van der Waals surface area contributed by atoms with Gasteiger partial charge >= 0.3 is 11.9 Å². The standard InChI is InChI=1S/C24H32N6O8S/c25-14(9-12-10-27-15-4-2-1-3-13(12)15)21(34)28-16(6-8-20(32)33)22(35)30-18(11-39)23(36)29-17(24(37)38)5-7-19(26)31/h1-4,10,14,16-18,27,39H,5-9,11,25H2,(H2,26,31)(H,28,34)(H,29,36)(H,30,35)(H,32,33)(H,37,38). The summed E-state index contributed by atoms with van der Waals surface area (Å²) < 4.78 is 0. The highest BCUT2D eigenvalue weighted by atomic mass is 32.1. The van der Waals surface area contributed by atoms with Gasteiger partial charge in [-0.2, -0.15) is 12.6 Å². The highest BCUT2D eigenvalue weighted by Gasteiger charge is 2.30. The first kappa shape index (κ1) is 31.1. The van der Waals surface area contributed by atoms with E-state index in [0.717, 1.165) is 16.5 Å². The van der Waals surface area contributed by atoms with Crippen molar-refractivity contribution in [2.24, 2.45) is 11.5 Å². The van der Waals surface area contributed by atoms with Crippen molar-refractivity contribution in [1.82, 2.24) is 20.9 Å². The van der Waals surface area contributed by atoms with E-state index in [-0.39, 0.29) is 31.4 Å². The van der Waals surface area contributed by atoms with Gasteiger partial charge in [0.25, 0.3) is 0 Å². The predicted octanol–water partition coefficient (Wildman–Crippen LogP) is -1.36. The van der Waals surface area contributed by atoms with Crippen molar-refractivity contribution in [2.45, 2.75) is 56.3 Å². The van der Waals surface area contributed by atoms with Gasteiger partial charge in [0.05, 0.1) is 6.04 Å². The molecule has 2 aromatic rings. The molecule has 0 fully saturated rings. The topological polar surface area (TPSA) is 247 Å². The molecule has 0 aliphatic rings. The fraction of sp³-hybridized carbons (Fsp3) is 0.417. The van der Waals surface area contributed by atoms with E-state index >= 15 is 0 Å². The van der Waals surface area contributed by atoms with Crippen molar-refractivity contribution in [1.29, 1.82) is 0 Å². The maximum atomic E-state index is 13.0. The Hall–Kier alpha value is -4.11. The molecule has 0 aliphatic heterocycles. The summed E-state index contributed by atoms with van der Waals surface area (Å²) >= 11 is 4.02. The first-order valence-corrected chi connectivity index (χ1v) is 12.6. The predicted molar refractivity (Wildman–Crippen MR) is 143 cm³/mol. The lowest BCUT2D eigenvalue weighted by atomic mass is 10.0. The SMILES string of the molecule is NC(=O)CCC(NC(=O)C(CS)NC(=O)C(CCC(=O)O)NC(=O)C(N)Cc1c[nH]c2ccccc12)C(=O)O. The number of aliphatic carboxylic acids is 2. The molecule has 39 heavy (non-hydrogen) atoms. The minimum Gasteiger partial charge on any atom is -0.481 e. The summed E-state index contributed by atoms with van der Waals surface area (Å²) in [6.07, 6.45) is 0.515. The quantitative estimate of drug-likeness (QED) is 0.109. The van der Waals surface area contributed by atoms with Gasteiger partial charge < -0.3 is 42.6 Å². The maximum Gasteiger partial charge on any atom is 0.326 e. The van der Waals surface area contributed by atoms with Crippen LogP contribution < -0.4 is 27.4 Å². The molecule has 0 saturated carbocycles. The minimum atomic E-state index is -1.45. The number of hydrogen-bond donors (Lipinski definition) is 9. The second kappa shape index (κ2) is 14.7. The smallest absolute Gasteiger partial charge is 0.326 e. The summed E-state index contributed by atoms with van der Waals surface area (Å²) in [5.41, 5.74) is 12.7. The summed E-state index contributed by atoms with van der Waals surface area (Å²) in [5, 5.41) is 26.2. The third kappa shape index (κ3) is 9.61. The Morgan fingerprint density at radius 2 is 1.46 bits per heavy atom. The van der Waals surface area contributed by atoms with Gasteiger partial charge in [0.1, 0.15) is 18.1 Å². The number of para-hydroxylation sites is 1. The maximum absolute atomic E-state index is 13.0. The molecule has 1 aromatic heterocycles. The van der Waals surface area contributed by atoms with Crippen molar-refractivity contribution >= 4 is 59.1 Å². The van der Waals surface area contributed by atoms with Crippen LogP contribution in [0.2, 0.25) is 0 Å². The number of rotatable bonds is 16. The van der Waals surface area contributed by atoms with Gasteiger partial charge in [-0.1, -0.05) is 18.2 Å². The van der Waals surface area contributed by atoms with Crippen LogP contribution >= 0.6 is 12.6 Å². The zero-order valence-corrected chi connectivity index (χ0v) is 21.8. The van der Waals surface area contributed by atoms with Gasteiger partial charge in [0, 0.05) is 35.7 Å². The number of thiol groups is 1. The third-order valence-electron chi connectivity index (χ3n) is 5.84. The van der Waals surface area contributed by atoms with Crippen LogP contribution in [0.15, 0.2) is 30.5 Å². The molecule has 0 radical (unpaired) electrons. The molecule has 2 rings (SSSR count). The molecule has 212 valence electrons. The zero-order valence-electron chi connectivity index (χ0n) is 20.9. The molecule has 1 aromatic carbocycles. The molecule has 10 N–H and O–H groups in total. The number of carboxylic acids is 2. The lowest BCUT2D eigenvalue weighted by Crippen LogP contribution is -2.57. The second-order valence-corrected chi connectivity index (χ2v) is 9.18. The fourth-order valence-corrected chi connectivity index (χ4v) is 3.99. The monoisotopic (exact) mass is 564 g/mol. The molecular formula is C24H32N6O8S. The number of primary amides is 1. The molecule has 4 atom stereocenters. The molecule has 15 heteroatoms. The first-order valence-electron chi connectivity index (χ1n) is 12.0. The molecule has 0 spiro atoms. The van der Waals surface area contributed by atoms with E-state index in [4.69, 9.17) is 16.6 Å². The number of carbonyl (C=O) groups is 6. The number of fused-ring (bicyclic) bond motifs is 1. The van der Waals surface area contributed by atoms with Crippen LogP contribution in [0.5, 0.6) is 0 Å². The van der Waals surface area contributed by atoms with E-state index in [1.165, 1.54) is 0 Å². The molecule has 0 bridgehead atoms. The fourth-order valence-electron chi connectivity index (χ4n) is 3.73. The Balaban J connectivity index is 2.08. The number of carboxylic acid groups (broad SMARTS) is 2. The number of carbonyl (C=O) groups excluding carboxylic acids is 4. The van der Waals surface area contributed by atoms with Gasteiger partial charge in [-0.05, 0) is 30.9 Å². The van der Waals surface area contributed by atoms with Crippen molar-refractivity contribution in [3.05, 3.63) is 36.0 Å². The largest absolute Gasteiger partial charge is 0.481 e.